The molecule has 1 aromatic rings. The van der Waals surface area contributed by atoms with E-state index in [1.165, 1.54) is 22.8 Å². The molecule has 1 aromatic heterocycles. The number of piperidine rings is 1. The van der Waals surface area contributed by atoms with E-state index >= 15 is 0 Å². The highest BCUT2D eigenvalue weighted by molar-refractivity contribution is 7.89. The van der Waals surface area contributed by atoms with E-state index in [-0.39, 0.29) is 29.8 Å². The highest BCUT2D eigenvalue weighted by Gasteiger charge is 2.33. The van der Waals surface area contributed by atoms with Crippen LogP contribution in [0.2, 0.25) is 0 Å². The minimum absolute atomic E-state index is 0.133. The maximum absolute atomic E-state index is 12.6. The van der Waals surface area contributed by atoms with Crippen LogP contribution < -0.4 is 5.32 Å². The Morgan fingerprint density at radius 2 is 2.08 bits per heavy atom. The molecule has 1 aliphatic heterocycles. The number of hydrogen-bond acceptors (Lipinski definition) is 5. The lowest BCUT2D eigenvalue weighted by Gasteiger charge is -2.31. The molecule has 0 saturated carbocycles. The van der Waals surface area contributed by atoms with Gasteiger partial charge in [0.2, 0.25) is 15.9 Å². The van der Waals surface area contributed by atoms with Crippen molar-refractivity contribution in [2.24, 2.45) is 5.92 Å². The Morgan fingerprint density at radius 1 is 1.38 bits per heavy atom. The van der Waals surface area contributed by atoms with Crippen molar-refractivity contribution in [2.75, 3.05) is 13.1 Å². The molecule has 1 fully saturated rings. The summed E-state index contributed by atoms with van der Waals surface area (Å²) in [6, 6.07) is 2.17. The number of carboxylic acids is 1. The van der Waals surface area contributed by atoms with Gasteiger partial charge in [0.1, 0.15) is 10.9 Å². The number of hydrogen-bond donors (Lipinski definition) is 2. The summed E-state index contributed by atoms with van der Waals surface area (Å²) in [5, 5.41) is 11.8. The Labute approximate surface area is 153 Å². The topological polar surface area (TPSA) is 117 Å². The summed E-state index contributed by atoms with van der Waals surface area (Å²) in [6.07, 6.45) is 5.51. The van der Waals surface area contributed by atoms with Crippen LogP contribution in [0.25, 0.3) is 0 Å². The molecule has 0 aliphatic carbocycles. The summed E-state index contributed by atoms with van der Waals surface area (Å²) in [5.41, 5.74) is 0. The lowest BCUT2D eigenvalue weighted by molar-refractivity contribution is -0.142. The van der Waals surface area contributed by atoms with Gasteiger partial charge in [-0.3, -0.25) is 9.78 Å². The molecule has 1 aliphatic rings. The zero-order chi connectivity index (χ0) is 19.2. The normalized spacial score (nSPS) is 17.6. The molecule has 0 spiro atoms. The number of aliphatic carboxylic acids is 1. The summed E-state index contributed by atoms with van der Waals surface area (Å²) in [5.74, 6) is -1.73. The van der Waals surface area contributed by atoms with E-state index < -0.39 is 22.0 Å². The molecule has 0 radical (unpaired) electrons. The highest BCUT2D eigenvalue weighted by Crippen LogP contribution is 2.23. The van der Waals surface area contributed by atoms with E-state index in [0.717, 1.165) is 12.8 Å². The van der Waals surface area contributed by atoms with Crippen molar-refractivity contribution in [3.8, 4) is 0 Å². The van der Waals surface area contributed by atoms with E-state index in [0.29, 0.717) is 19.3 Å². The first kappa shape index (κ1) is 20.3. The highest BCUT2D eigenvalue weighted by atomic mass is 32.2. The van der Waals surface area contributed by atoms with E-state index in [4.69, 9.17) is 0 Å². The number of carbonyl (C=O) groups excluding carboxylic acids is 1. The number of aromatic nitrogens is 1. The van der Waals surface area contributed by atoms with Gasteiger partial charge in [-0.15, -0.1) is 0 Å². The zero-order valence-electron chi connectivity index (χ0n) is 14.8. The van der Waals surface area contributed by atoms with E-state index in [2.05, 4.69) is 10.3 Å². The van der Waals surface area contributed by atoms with Gasteiger partial charge in [-0.2, -0.15) is 4.31 Å². The second-order valence-electron chi connectivity index (χ2n) is 6.41. The third-order valence-corrected chi connectivity index (χ3v) is 6.44. The summed E-state index contributed by atoms with van der Waals surface area (Å²) in [7, 11) is -3.61. The number of nitrogens with one attached hydrogen (secondary N) is 1. The average molecular weight is 383 g/mol. The Morgan fingerprint density at radius 3 is 2.62 bits per heavy atom. The van der Waals surface area contributed by atoms with Crippen molar-refractivity contribution >= 4 is 21.9 Å². The molecule has 1 atom stereocenters. The van der Waals surface area contributed by atoms with Crippen LogP contribution in [0.15, 0.2) is 29.4 Å². The molecule has 8 nitrogen and oxygen atoms in total. The molecule has 9 heteroatoms. The molecular weight excluding hydrogens is 358 g/mol. The second kappa shape index (κ2) is 9.09. The number of carbonyl (C=O) groups is 2. The first-order chi connectivity index (χ1) is 12.4. The predicted octanol–water partition coefficient (Wildman–Crippen LogP) is 1.24. The first-order valence-corrected chi connectivity index (χ1v) is 10.2. The number of carboxylic acid groups (broad SMARTS) is 1. The number of sulfonamides is 1. The Hall–Kier alpha value is -2.00. The maximum atomic E-state index is 12.6. The van der Waals surface area contributed by atoms with Gasteiger partial charge in [0.05, 0.1) is 0 Å². The molecule has 2 N–H and O–H groups in total. The van der Waals surface area contributed by atoms with Gasteiger partial charge in [-0.1, -0.05) is 19.8 Å². The molecule has 1 amide bonds. The first-order valence-electron chi connectivity index (χ1n) is 8.79. The molecule has 1 saturated heterocycles. The van der Waals surface area contributed by atoms with Crippen molar-refractivity contribution in [3.05, 3.63) is 24.5 Å². The van der Waals surface area contributed by atoms with Crippen molar-refractivity contribution in [3.63, 3.8) is 0 Å². The predicted molar refractivity (Wildman–Crippen MR) is 94.8 cm³/mol. The summed E-state index contributed by atoms with van der Waals surface area (Å²) in [4.78, 5) is 27.6. The Kier molecular flexibility index (Phi) is 7.10. The van der Waals surface area contributed by atoms with Crippen LogP contribution in [0.3, 0.4) is 0 Å². The minimum atomic E-state index is -3.61. The molecule has 0 unspecified atom stereocenters. The van der Waals surface area contributed by atoms with E-state index in [1.54, 1.807) is 6.07 Å². The fraction of sp³-hybridized carbons (Fsp3) is 0.588. The van der Waals surface area contributed by atoms with Crippen LogP contribution in [0, 0.1) is 5.92 Å². The lowest BCUT2D eigenvalue weighted by atomic mass is 9.96. The van der Waals surface area contributed by atoms with Crippen LogP contribution in [0.4, 0.5) is 0 Å². The molecule has 0 bridgehead atoms. The van der Waals surface area contributed by atoms with Crippen molar-refractivity contribution in [2.45, 2.75) is 50.0 Å². The summed E-state index contributed by atoms with van der Waals surface area (Å²) < 4.78 is 26.5. The van der Waals surface area contributed by atoms with Crippen molar-refractivity contribution < 1.29 is 23.1 Å². The molecule has 2 heterocycles. The zero-order valence-corrected chi connectivity index (χ0v) is 15.6. The second-order valence-corrected chi connectivity index (χ2v) is 8.35. The SMILES string of the molecule is CCCC[C@H](NC(=O)C1CCN(S(=O)(=O)c2cccnc2)CC1)C(=O)O. The maximum Gasteiger partial charge on any atom is 0.326 e. The van der Waals surface area contributed by atoms with Gasteiger partial charge < -0.3 is 10.4 Å². The quantitative estimate of drug-likeness (QED) is 0.698. The molecule has 0 aromatic carbocycles. The minimum Gasteiger partial charge on any atom is -0.480 e. The smallest absolute Gasteiger partial charge is 0.326 e. The third-order valence-electron chi connectivity index (χ3n) is 4.56. The number of unbranched alkanes of at least 4 members (excludes halogenated alkanes) is 1. The van der Waals surface area contributed by atoms with Gasteiger partial charge in [0, 0.05) is 31.4 Å². The number of nitrogens with zero attached hydrogens (tertiary/aromatic N) is 2. The third kappa shape index (κ3) is 5.01. The number of rotatable bonds is 8. The monoisotopic (exact) mass is 383 g/mol. The van der Waals surface area contributed by atoms with Gasteiger partial charge >= 0.3 is 5.97 Å². The van der Waals surface area contributed by atoms with Crippen LogP contribution >= 0.6 is 0 Å². The van der Waals surface area contributed by atoms with E-state index in [9.17, 15) is 23.1 Å². The summed E-state index contributed by atoms with van der Waals surface area (Å²) in [6.45, 7) is 2.41. The largest absolute Gasteiger partial charge is 0.480 e. The van der Waals surface area contributed by atoms with Crippen molar-refractivity contribution in [1.29, 1.82) is 0 Å². The standard InChI is InChI=1S/C17H25N3O5S/c1-2-3-6-15(17(22)23)19-16(21)13-7-10-20(11-8-13)26(24,25)14-5-4-9-18-12-14/h4-5,9,12-13,15H,2-3,6-8,10-11H2,1H3,(H,19,21)(H,22,23)/t15-/m0/s1. The van der Waals surface area contributed by atoms with Gasteiger partial charge in [-0.05, 0) is 31.4 Å². The number of amides is 1. The molecule has 144 valence electrons. The molecule has 26 heavy (non-hydrogen) atoms. The summed E-state index contributed by atoms with van der Waals surface area (Å²) >= 11 is 0. The molecule has 2 rings (SSSR count). The Balaban J connectivity index is 1.93. The average Bonchev–Trinajstić information content (AvgIpc) is 2.65. The van der Waals surface area contributed by atoms with Gasteiger partial charge in [0.25, 0.3) is 0 Å². The number of pyridine rings is 1. The van der Waals surface area contributed by atoms with Crippen LogP contribution in [-0.4, -0.2) is 53.8 Å². The van der Waals surface area contributed by atoms with Crippen LogP contribution in [-0.2, 0) is 19.6 Å². The van der Waals surface area contributed by atoms with Crippen LogP contribution in [0.1, 0.15) is 39.0 Å². The Bertz CT molecular complexity index is 715. The fourth-order valence-corrected chi connectivity index (χ4v) is 4.40. The lowest BCUT2D eigenvalue weighted by Crippen LogP contribution is -2.47. The van der Waals surface area contributed by atoms with E-state index in [1.807, 2.05) is 6.92 Å². The van der Waals surface area contributed by atoms with Gasteiger partial charge in [-0.25, -0.2) is 13.2 Å². The van der Waals surface area contributed by atoms with Gasteiger partial charge in [0.15, 0.2) is 0 Å². The molecular formula is C17H25N3O5S. The fourth-order valence-electron chi connectivity index (χ4n) is 2.96. The van der Waals surface area contributed by atoms with Crippen LogP contribution in [0.5, 0.6) is 0 Å². The van der Waals surface area contributed by atoms with Crippen molar-refractivity contribution in [1.82, 2.24) is 14.6 Å².